The predicted molar refractivity (Wildman–Crippen MR) is 75.1 cm³/mol. The topological polar surface area (TPSA) is 84.2 Å². The number of hydrogen-bond donors (Lipinski definition) is 3. The van der Waals surface area contributed by atoms with E-state index in [0.717, 1.165) is 24.9 Å². The molecule has 0 spiro atoms. The van der Waals surface area contributed by atoms with Crippen LogP contribution in [0.15, 0.2) is 24.3 Å². The number of amides is 2. The summed E-state index contributed by atoms with van der Waals surface area (Å²) in [7, 11) is 0. The Morgan fingerprint density at radius 3 is 2.84 bits per heavy atom. The number of benzene rings is 1. The molecule has 1 aliphatic rings. The highest BCUT2D eigenvalue weighted by atomic mass is 35.5. The number of carbonyl (C=O) groups excluding carboxylic acids is 2. The van der Waals surface area contributed by atoms with Crippen LogP contribution >= 0.6 is 12.4 Å². The third-order valence-electron chi connectivity index (χ3n) is 3.06. The molecule has 0 saturated carbocycles. The smallest absolute Gasteiger partial charge is 0.248 e. The largest absolute Gasteiger partial charge is 0.366 e. The molecular formula is C13H18ClN3O2. The second-order valence-electron chi connectivity index (χ2n) is 4.43. The van der Waals surface area contributed by atoms with Crippen molar-refractivity contribution >= 4 is 24.2 Å². The lowest BCUT2D eigenvalue weighted by Gasteiger charge is -2.11. The minimum Gasteiger partial charge on any atom is -0.366 e. The highest BCUT2D eigenvalue weighted by molar-refractivity contribution is 5.92. The van der Waals surface area contributed by atoms with Gasteiger partial charge in [-0.2, -0.15) is 0 Å². The number of halogens is 1. The molecule has 0 bridgehead atoms. The van der Waals surface area contributed by atoms with Gasteiger partial charge in [0.1, 0.15) is 0 Å². The molecule has 1 unspecified atom stereocenters. The Hall–Kier alpha value is -1.59. The Morgan fingerprint density at radius 2 is 2.21 bits per heavy atom. The second kappa shape index (κ2) is 7.11. The number of hydrogen-bond acceptors (Lipinski definition) is 3. The lowest BCUT2D eigenvalue weighted by atomic mass is 10.1. The number of nitrogens with one attached hydrogen (secondary N) is 2. The molecule has 0 radical (unpaired) electrons. The molecular weight excluding hydrogens is 266 g/mol. The van der Waals surface area contributed by atoms with Crippen LogP contribution in [0.5, 0.6) is 0 Å². The Bertz CT molecular complexity index is 459. The van der Waals surface area contributed by atoms with Crippen molar-refractivity contribution in [1.82, 2.24) is 10.6 Å². The van der Waals surface area contributed by atoms with E-state index in [0.29, 0.717) is 12.1 Å². The van der Waals surface area contributed by atoms with Crippen LogP contribution in [0.1, 0.15) is 28.8 Å². The Morgan fingerprint density at radius 1 is 1.42 bits per heavy atom. The maximum absolute atomic E-state index is 11.8. The number of primary amides is 1. The minimum absolute atomic E-state index is 0. The molecule has 2 amide bonds. The van der Waals surface area contributed by atoms with Gasteiger partial charge in [-0.25, -0.2) is 0 Å². The van der Waals surface area contributed by atoms with Crippen molar-refractivity contribution in [2.45, 2.75) is 25.4 Å². The van der Waals surface area contributed by atoms with Crippen molar-refractivity contribution in [2.24, 2.45) is 5.73 Å². The average Bonchev–Trinajstić information content (AvgIpc) is 2.90. The number of nitrogens with two attached hydrogens (primary N) is 1. The maximum Gasteiger partial charge on any atom is 0.248 e. The quantitative estimate of drug-likeness (QED) is 0.755. The van der Waals surface area contributed by atoms with E-state index in [-0.39, 0.29) is 24.4 Å². The van der Waals surface area contributed by atoms with Crippen LogP contribution < -0.4 is 16.4 Å². The summed E-state index contributed by atoms with van der Waals surface area (Å²) >= 11 is 0. The first kappa shape index (κ1) is 15.5. The van der Waals surface area contributed by atoms with Gasteiger partial charge in [-0.05, 0) is 37.1 Å². The van der Waals surface area contributed by atoms with Gasteiger partial charge < -0.3 is 16.4 Å². The fourth-order valence-electron chi connectivity index (χ4n) is 2.06. The van der Waals surface area contributed by atoms with E-state index in [9.17, 15) is 9.59 Å². The highest BCUT2D eigenvalue weighted by Crippen LogP contribution is 2.07. The highest BCUT2D eigenvalue weighted by Gasteiger charge is 2.21. The van der Waals surface area contributed by atoms with Crippen LogP contribution in [0.3, 0.4) is 0 Å². The lowest BCUT2D eigenvalue weighted by Crippen LogP contribution is -2.40. The second-order valence-corrected chi connectivity index (χ2v) is 4.43. The van der Waals surface area contributed by atoms with Gasteiger partial charge in [0.2, 0.25) is 11.8 Å². The van der Waals surface area contributed by atoms with Crippen LogP contribution in [0.2, 0.25) is 0 Å². The van der Waals surface area contributed by atoms with E-state index < -0.39 is 5.91 Å². The van der Waals surface area contributed by atoms with Crippen molar-refractivity contribution in [3.05, 3.63) is 35.4 Å². The fourth-order valence-corrected chi connectivity index (χ4v) is 2.06. The summed E-state index contributed by atoms with van der Waals surface area (Å²) in [6.07, 6.45) is 1.92. The number of carbonyl (C=O) groups is 2. The molecule has 4 N–H and O–H groups in total. The van der Waals surface area contributed by atoms with E-state index in [1.165, 1.54) is 0 Å². The molecule has 1 aliphatic heterocycles. The Kier molecular flexibility index (Phi) is 5.79. The van der Waals surface area contributed by atoms with Gasteiger partial charge in [0.05, 0.1) is 6.04 Å². The van der Waals surface area contributed by atoms with Gasteiger partial charge in [-0.3, -0.25) is 9.59 Å². The molecule has 0 aromatic heterocycles. The van der Waals surface area contributed by atoms with Crippen LogP contribution in [-0.2, 0) is 11.3 Å². The fraction of sp³-hybridized carbons (Fsp3) is 0.385. The van der Waals surface area contributed by atoms with Crippen molar-refractivity contribution < 1.29 is 9.59 Å². The molecule has 1 saturated heterocycles. The zero-order chi connectivity index (χ0) is 13.0. The van der Waals surface area contributed by atoms with Gasteiger partial charge in [0.15, 0.2) is 0 Å². The molecule has 6 heteroatoms. The van der Waals surface area contributed by atoms with Gasteiger partial charge in [0.25, 0.3) is 0 Å². The Labute approximate surface area is 118 Å². The summed E-state index contributed by atoms with van der Waals surface area (Å²) in [4.78, 5) is 22.8. The van der Waals surface area contributed by atoms with Gasteiger partial charge in [-0.15, -0.1) is 12.4 Å². The zero-order valence-corrected chi connectivity index (χ0v) is 11.3. The molecule has 1 atom stereocenters. The summed E-state index contributed by atoms with van der Waals surface area (Å²) in [5.74, 6) is -0.447. The first-order valence-electron chi connectivity index (χ1n) is 6.06. The Balaban J connectivity index is 0.00000180. The van der Waals surface area contributed by atoms with E-state index in [1.54, 1.807) is 18.2 Å². The molecule has 1 aromatic carbocycles. The van der Waals surface area contributed by atoms with Crippen molar-refractivity contribution in [2.75, 3.05) is 6.54 Å². The van der Waals surface area contributed by atoms with Gasteiger partial charge in [-0.1, -0.05) is 12.1 Å². The standard InChI is InChI=1S/C13H17N3O2.ClH/c14-12(17)10-4-1-3-9(7-10)8-16-13(18)11-5-2-6-15-11;/h1,3-4,7,11,15H,2,5-6,8H2,(H2,14,17)(H,16,18);1H. The molecule has 104 valence electrons. The van der Waals surface area contributed by atoms with Gasteiger partial charge >= 0.3 is 0 Å². The molecule has 0 aliphatic carbocycles. The average molecular weight is 284 g/mol. The summed E-state index contributed by atoms with van der Waals surface area (Å²) in [5, 5.41) is 5.99. The van der Waals surface area contributed by atoms with Crippen LogP contribution in [0.25, 0.3) is 0 Å². The van der Waals surface area contributed by atoms with Crippen LogP contribution in [-0.4, -0.2) is 24.4 Å². The molecule has 19 heavy (non-hydrogen) atoms. The summed E-state index contributed by atoms with van der Waals surface area (Å²) in [6.45, 7) is 1.31. The van der Waals surface area contributed by atoms with E-state index >= 15 is 0 Å². The molecule has 2 rings (SSSR count). The van der Waals surface area contributed by atoms with E-state index in [4.69, 9.17) is 5.73 Å². The predicted octanol–water partition coefficient (Wildman–Crippen LogP) is 0.575. The SMILES string of the molecule is Cl.NC(=O)c1cccc(CNC(=O)C2CCCN2)c1. The van der Waals surface area contributed by atoms with Crippen molar-refractivity contribution in [1.29, 1.82) is 0 Å². The minimum atomic E-state index is -0.458. The first-order valence-corrected chi connectivity index (χ1v) is 6.06. The third-order valence-corrected chi connectivity index (χ3v) is 3.06. The molecule has 1 heterocycles. The number of rotatable bonds is 4. The van der Waals surface area contributed by atoms with E-state index in [1.807, 2.05) is 6.07 Å². The van der Waals surface area contributed by atoms with Crippen molar-refractivity contribution in [3.63, 3.8) is 0 Å². The van der Waals surface area contributed by atoms with Crippen LogP contribution in [0, 0.1) is 0 Å². The molecule has 1 aromatic rings. The first-order chi connectivity index (χ1) is 8.66. The lowest BCUT2D eigenvalue weighted by molar-refractivity contribution is -0.122. The van der Waals surface area contributed by atoms with Crippen molar-refractivity contribution in [3.8, 4) is 0 Å². The maximum atomic E-state index is 11.8. The molecule has 5 nitrogen and oxygen atoms in total. The molecule has 1 fully saturated rings. The summed E-state index contributed by atoms with van der Waals surface area (Å²) in [5.41, 5.74) is 6.53. The zero-order valence-electron chi connectivity index (χ0n) is 10.5. The monoisotopic (exact) mass is 283 g/mol. The third kappa shape index (κ3) is 4.22. The summed E-state index contributed by atoms with van der Waals surface area (Å²) < 4.78 is 0. The normalized spacial score (nSPS) is 17.6. The summed E-state index contributed by atoms with van der Waals surface area (Å²) in [6, 6.07) is 6.89. The van der Waals surface area contributed by atoms with E-state index in [2.05, 4.69) is 10.6 Å². The van der Waals surface area contributed by atoms with Gasteiger partial charge in [0, 0.05) is 12.1 Å². The van der Waals surface area contributed by atoms with Crippen LogP contribution in [0.4, 0.5) is 0 Å².